The van der Waals surface area contributed by atoms with E-state index in [0.717, 1.165) is 24.8 Å². The molecule has 0 unspecified atom stereocenters. The Labute approximate surface area is 136 Å². The van der Waals surface area contributed by atoms with Crippen molar-refractivity contribution in [3.8, 4) is 0 Å². The van der Waals surface area contributed by atoms with Gasteiger partial charge < -0.3 is 10.0 Å². The van der Waals surface area contributed by atoms with Gasteiger partial charge in [0.2, 0.25) is 5.91 Å². The van der Waals surface area contributed by atoms with Crippen molar-refractivity contribution in [2.24, 2.45) is 5.92 Å². The van der Waals surface area contributed by atoms with E-state index in [-0.39, 0.29) is 11.8 Å². The monoisotopic (exact) mass is 323 g/mol. The number of hydrogen-bond donors (Lipinski definition) is 1. The van der Waals surface area contributed by atoms with Gasteiger partial charge in [0.05, 0.1) is 5.92 Å². The largest absolute Gasteiger partial charge is 0.481 e. The zero-order chi connectivity index (χ0) is 16.1. The summed E-state index contributed by atoms with van der Waals surface area (Å²) >= 11 is 5.89. The highest BCUT2D eigenvalue weighted by Crippen LogP contribution is 2.34. The molecule has 0 radical (unpaired) electrons. The van der Waals surface area contributed by atoms with E-state index >= 15 is 0 Å². The lowest BCUT2D eigenvalue weighted by molar-refractivity contribution is -0.141. The molecule has 0 bridgehead atoms. The van der Waals surface area contributed by atoms with Gasteiger partial charge in [0, 0.05) is 30.5 Å². The maximum atomic E-state index is 12.2. The third-order valence-corrected chi connectivity index (χ3v) is 4.53. The fourth-order valence-corrected chi connectivity index (χ4v) is 3.12. The van der Waals surface area contributed by atoms with Crippen LogP contribution in [0.3, 0.4) is 0 Å². The van der Waals surface area contributed by atoms with E-state index in [1.54, 1.807) is 17.0 Å². The van der Waals surface area contributed by atoms with E-state index in [4.69, 9.17) is 11.6 Å². The topological polar surface area (TPSA) is 57.6 Å². The Morgan fingerprint density at radius 1 is 1.23 bits per heavy atom. The van der Waals surface area contributed by atoms with E-state index in [1.165, 1.54) is 0 Å². The standard InChI is InChI=1S/C17H22ClNO3/c1-2-3-4-5-16(20)19-10-14(15(11-19)17(21)22)12-6-8-13(18)9-7-12/h6-9,14-15H,2-5,10-11H2,1H3,(H,21,22)/t14-,15+/m0/s1. The first-order valence-electron chi connectivity index (χ1n) is 7.79. The van der Waals surface area contributed by atoms with Gasteiger partial charge >= 0.3 is 5.97 Å². The molecule has 22 heavy (non-hydrogen) atoms. The molecule has 0 aliphatic carbocycles. The van der Waals surface area contributed by atoms with Crippen molar-refractivity contribution < 1.29 is 14.7 Å². The highest BCUT2D eigenvalue weighted by molar-refractivity contribution is 6.30. The van der Waals surface area contributed by atoms with Crippen LogP contribution >= 0.6 is 11.6 Å². The number of carboxylic acids is 1. The molecule has 0 spiro atoms. The molecule has 0 aromatic heterocycles. The van der Waals surface area contributed by atoms with Crippen LogP contribution < -0.4 is 0 Å². The molecule has 1 heterocycles. The average molecular weight is 324 g/mol. The second-order valence-corrected chi connectivity index (χ2v) is 6.30. The van der Waals surface area contributed by atoms with Gasteiger partial charge in [-0.05, 0) is 24.1 Å². The van der Waals surface area contributed by atoms with Crippen molar-refractivity contribution in [1.29, 1.82) is 0 Å². The van der Waals surface area contributed by atoms with Crippen LogP contribution in [-0.2, 0) is 9.59 Å². The van der Waals surface area contributed by atoms with Crippen molar-refractivity contribution >= 4 is 23.5 Å². The summed E-state index contributed by atoms with van der Waals surface area (Å²) in [7, 11) is 0. The summed E-state index contributed by atoms with van der Waals surface area (Å²) in [5.41, 5.74) is 0.931. The van der Waals surface area contributed by atoms with Crippen molar-refractivity contribution in [3.63, 3.8) is 0 Å². The number of carbonyl (C=O) groups is 2. The quantitative estimate of drug-likeness (QED) is 0.814. The summed E-state index contributed by atoms with van der Waals surface area (Å²) in [5, 5.41) is 10.1. The average Bonchev–Trinajstić information content (AvgIpc) is 2.93. The fraction of sp³-hybridized carbons (Fsp3) is 0.529. The van der Waals surface area contributed by atoms with Crippen molar-refractivity contribution in [1.82, 2.24) is 4.90 Å². The van der Waals surface area contributed by atoms with E-state index in [9.17, 15) is 14.7 Å². The Kier molecular flexibility index (Phi) is 5.83. The number of unbranched alkanes of at least 4 members (excludes halogenated alkanes) is 2. The molecule has 0 saturated carbocycles. The van der Waals surface area contributed by atoms with Crippen LogP contribution in [0.15, 0.2) is 24.3 Å². The molecule has 2 atom stereocenters. The highest BCUT2D eigenvalue weighted by Gasteiger charge is 2.40. The van der Waals surface area contributed by atoms with Gasteiger partial charge in [-0.1, -0.05) is 43.5 Å². The number of hydrogen-bond acceptors (Lipinski definition) is 2. The third-order valence-electron chi connectivity index (χ3n) is 4.28. The number of amides is 1. The summed E-state index contributed by atoms with van der Waals surface area (Å²) in [6.45, 7) is 2.87. The van der Waals surface area contributed by atoms with Crippen LogP contribution in [0, 0.1) is 5.92 Å². The summed E-state index contributed by atoms with van der Waals surface area (Å²) < 4.78 is 0. The van der Waals surface area contributed by atoms with Crippen LogP contribution in [0.1, 0.15) is 44.1 Å². The van der Waals surface area contributed by atoms with E-state index in [2.05, 4.69) is 6.92 Å². The van der Waals surface area contributed by atoms with Crippen LogP contribution in [0.5, 0.6) is 0 Å². The summed E-state index contributed by atoms with van der Waals surface area (Å²) in [4.78, 5) is 25.5. The number of nitrogens with zero attached hydrogens (tertiary/aromatic N) is 1. The number of halogens is 1. The van der Waals surface area contributed by atoms with Crippen molar-refractivity contribution in [2.45, 2.75) is 38.5 Å². The first-order valence-corrected chi connectivity index (χ1v) is 8.16. The zero-order valence-electron chi connectivity index (χ0n) is 12.8. The SMILES string of the molecule is CCCCCC(=O)N1C[C@@H](C(=O)O)[C@H](c2ccc(Cl)cc2)C1. The predicted octanol–water partition coefficient (Wildman–Crippen LogP) is 3.55. The number of carbonyl (C=O) groups excluding carboxylic acids is 1. The Morgan fingerprint density at radius 2 is 1.91 bits per heavy atom. The smallest absolute Gasteiger partial charge is 0.308 e. The minimum atomic E-state index is -0.844. The summed E-state index contributed by atoms with van der Waals surface area (Å²) in [6, 6.07) is 7.24. The Balaban J connectivity index is 2.08. The van der Waals surface area contributed by atoms with Gasteiger partial charge in [0.15, 0.2) is 0 Å². The number of aliphatic carboxylic acids is 1. The molecule has 1 aliphatic heterocycles. The molecule has 1 N–H and O–H groups in total. The molecular weight excluding hydrogens is 302 g/mol. The van der Waals surface area contributed by atoms with Crippen molar-refractivity contribution in [3.05, 3.63) is 34.9 Å². The first-order chi connectivity index (χ1) is 10.5. The van der Waals surface area contributed by atoms with Crippen LogP contribution in [0.25, 0.3) is 0 Å². The van der Waals surface area contributed by atoms with Gasteiger partial charge in [0.1, 0.15) is 0 Å². The first kappa shape index (κ1) is 16.8. The van der Waals surface area contributed by atoms with Gasteiger partial charge in [-0.25, -0.2) is 0 Å². The van der Waals surface area contributed by atoms with E-state index in [1.807, 2.05) is 12.1 Å². The Hall–Kier alpha value is -1.55. The van der Waals surface area contributed by atoms with Crippen LogP contribution in [0.2, 0.25) is 5.02 Å². The Bertz CT molecular complexity index is 529. The normalized spacial score (nSPS) is 21.1. The molecule has 1 aromatic carbocycles. The number of benzene rings is 1. The predicted molar refractivity (Wildman–Crippen MR) is 86.0 cm³/mol. The number of rotatable bonds is 6. The second kappa shape index (κ2) is 7.63. The minimum absolute atomic E-state index is 0.0659. The maximum absolute atomic E-state index is 12.2. The second-order valence-electron chi connectivity index (χ2n) is 5.86. The molecule has 1 aromatic rings. The molecule has 120 valence electrons. The zero-order valence-corrected chi connectivity index (χ0v) is 13.6. The van der Waals surface area contributed by atoms with Crippen LogP contribution in [-0.4, -0.2) is 35.0 Å². The summed E-state index contributed by atoms with van der Waals surface area (Å²) in [6.07, 6.45) is 3.48. The maximum Gasteiger partial charge on any atom is 0.308 e. The molecule has 1 aliphatic rings. The molecule has 1 fully saturated rings. The van der Waals surface area contributed by atoms with Gasteiger partial charge in [-0.15, -0.1) is 0 Å². The van der Waals surface area contributed by atoms with Gasteiger partial charge in [-0.3, -0.25) is 9.59 Å². The molecule has 1 amide bonds. The lowest BCUT2D eigenvalue weighted by Gasteiger charge is -2.16. The number of likely N-dealkylation sites (tertiary alicyclic amines) is 1. The van der Waals surface area contributed by atoms with Crippen molar-refractivity contribution in [2.75, 3.05) is 13.1 Å². The molecule has 2 rings (SSSR count). The highest BCUT2D eigenvalue weighted by atomic mass is 35.5. The van der Waals surface area contributed by atoms with E-state index in [0.29, 0.717) is 24.5 Å². The fourth-order valence-electron chi connectivity index (χ4n) is 2.99. The third kappa shape index (κ3) is 4.01. The van der Waals surface area contributed by atoms with Gasteiger partial charge in [-0.2, -0.15) is 0 Å². The minimum Gasteiger partial charge on any atom is -0.481 e. The lowest BCUT2D eigenvalue weighted by Crippen LogP contribution is -2.29. The molecule has 1 saturated heterocycles. The molecule has 5 heteroatoms. The number of carboxylic acid groups (broad SMARTS) is 1. The van der Waals surface area contributed by atoms with Crippen LogP contribution in [0.4, 0.5) is 0 Å². The lowest BCUT2D eigenvalue weighted by atomic mass is 9.89. The van der Waals surface area contributed by atoms with E-state index < -0.39 is 11.9 Å². The molecular formula is C17H22ClNO3. The Morgan fingerprint density at radius 3 is 2.50 bits per heavy atom. The summed E-state index contributed by atoms with van der Waals surface area (Å²) in [5.74, 6) is -1.49. The molecule has 4 nitrogen and oxygen atoms in total. The van der Waals surface area contributed by atoms with Gasteiger partial charge in [0.25, 0.3) is 0 Å².